The second-order valence-corrected chi connectivity index (χ2v) is 6.67. The second kappa shape index (κ2) is 13.7. The number of hydrogen-bond donors (Lipinski definition) is 7. The molecule has 0 aliphatic rings. The van der Waals surface area contributed by atoms with Crippen molar-refractivity contribution < 1.29 is 39.3 Å². The topological polar surface area (TPSA) is 208 Å². The van der Waals surface area contributed by atoms with Gasteiger partial charge in [0, 0.05) is 6.42 Å². The SMILES string of the molecule is CSCCC(NC(=O)CN)C(=O)NC(CCC(=O)O)C(=O)NC(CO)C(=O)O. The molecule has 3 unspecified atom stereocenters. The van der Waals surface area contributed by atoms with Crippen LogP contribution in [0.5, 0.6) is 0 Å². The summed E-state index contributed by atoms with van der Waals surface area (Å²) in [5.74, 6) is -4.49. The quantitative estimate of drug-likeness (QED) is 0.152. The number of nitrogens with one attached hydrogen (secondary N) is 3. The summed E-state index contributed by atoms with van der Waals surface area (Å²) in [5, 5.41) is 33.5. The van der Waals surface area contributed by atoms with Crippen LogP contribution in [0.3, 0.4) is 0 Å². The molecule has 0 aliphatic carbocycles. The fraction of sp³-hybridized carbons (Fsp3) is 0.667. The molecule has 28 heavy (non-hydrogen) atoms. The number of aliphatic hydroxyl groups excluding tert-OH is 1. The van der Waals surface area contributed by atoms with Gasteiger partial charge in [-0.15, -0.1) is 0 Å². The molecule has 0 spiro atoms. The van der Waals surface area contributed by atoms with E-state index in [4.69, 9.17) is 21.1 Å². The highest BCUT2D eigenvalue weighted by Gasteiger charge is 2.29. The van der Waals surface area contributed by atoms with Crippen molar-refractivity contribution >= 4 is 41.4 Å². The maximum Gasteiger partial charge on any atom is 0.328 e. The molecule has 13 heteroatoms. The fourth-order valence-electron chi connectivity index (χ4n) is 2.02. The Morgan fingerprint density at radius 3 is 1.89 bits per heavy atom. The summed E-state index contributed by atoms with van der Waals surface area (Å²) < 4.78 is 0. The van der Waals surface area contributed by atoms with Gasteiger partial charge in [-0.1, -0.05) is 0 Å². The Morgan fingerprint density at radius 2 is 1.46 bits per heavy atom. The average Bonchev–Trinajstić information content (AvgIpc) is 2.65. The van der Waals surface area contributed by atoms with E-state index in [9.17, 15) is 24.0 Å². The molecule has 0 aromatic carbocycles. The Labute approximate surface area is 165 Å². The van der Waals surface area contributed by atoms with Gasteiger partial charge in [-0.05, 0) is 24.9 Å². The highest BCUT2D eigenvalue weighted by molar-refractivity contribution is 7.98. The molecule has 0 aromatic rings. The van der Waals surface area contributed by atoms with Gasteiger partial charge in [0.1, 0.15) is 18.1 Å². The van der Waals surface area contributed by atoms with Crippen LogP contribution in [0.15, 0.2) is 0 Å². The molecular weight excluding hydrogens is 396 g/mol. The number of thioether (sulfide) groups is 1. The van der Waals surface area contributed by atoms with Gasteiger partial charge in [0.15, 0.2) is 0 Å². The van der Waals surface area contributed by atoms with Crippen molar-refractivity contribution in [3.05, 3.63) is 0 Å². The van der Waals surface area contributed by atoms with E-state index in [1.165, 1.54) is 11.8 Å². The van der Waals surface area contributed by atoms with Crippen molar-refractivity contribution in [1.29, 1.82) is 0 Å². The number of carboxylic acids is 2. The number of aliphatic hydroxyl groups is 1. The van der Waals surface area contributed by atoms with Crippen molar-refractivity contribution in [2.75, 3.05) is 25.2 Å². The number of hydrogen-bond acceptors (Lipinski definition) is 8. The van der Waals surface area contributed by atoms with Crippen LogP contribution in [0.4, 0.5) is 0 Å². The van der Waals surface area contributed by atoms with Crippen LogP contribution in [0.1, 0.15) is 19.3 Å². The monoisotopic (exact) mass is 422 g/mol. The van der Waals surface area contributed by atoms with Crippen molar-refractivity contribution in [3.8, 4) is 0 Å². The third-order valence-electron chi connectivity index (χ3n) is 3.52. The van der Waals surface area contributed by atoms with Crippen LogP contribution in [-0.2, 0) is 24.0 Å². The highest BCUT2D eigenvalue weighted by atomic mass is 32.2. The van der Waals surface area contributed by atoms with Crippen LogP contribution in [0, 0.1) is 0 Å². The van der Waals surface area contributed by atoms with Gasteiger partial charge in [0.25, 0.3) is 0 Å². The zero-order valence-corrected chi connectivity index (χ0v) is 16.2. The number of carbonyl (C=O) groups excluding carboxylic acids is 3. The summed E-state index contributed by atoms with van der Waals surface area (Å²) >= 11 is 1.42. The van der Waals surface area contributed by atoms with Crippen LogP contribution in [0.25, 0.3) is 0 Å². The largest absolute Gasteiger partial charge is 0.481 e. The summed E-state index contributed by atoms with van der Waals surface area (Å²) in [4.78, 5) is 58.0. The molecule has 12 nitrogen and oxygen atoms in total. The molecule has 3 amide bonds. The predicted octanol–water partition coefficient (Wildman–Crippen LogP) is -2.91. The zero-order chi connectivity index (χ0) is 21.7. The minimum absolute atomic E-state index is 0.237. The molecule has 0 saturated carbocycles. The van der Waals surface area contributed by atoms with Gasteiger partial charge in [-0.2, -0.15) is 11.8 Å². The minimum Gasteiger partial charge on any atom is -0.481 e. The average molecular weight is 422 g/mol. The van der Waals surface area contributed by atoms with Gasteiger partial charge in [-0.3, -0.25) is 19.2 Å². The molecule has 0 rings (SSSR count). The van der Waals surface area contributed by atoms with Gasteiger partial charge in [0.2, 0.25) is 17.7 Å². The molecule has 160 valence electrons. The molecule has 0 aromatic heterocycles. The minimum atomic E-state index is -1.61. The van der Waals surface area contributed by atoms with E-state index in [2.05, 4.69) is 10.6 Å². The Hall–Kier alpha value is -2.38. The third-order valence-corrected chi connectivity index (χ3v) is 4.17. The number of nitrogens with two attached hydrogens (primary N) is 1. The summed E-state index contributed by atoms with van der Waals surface area (Å²) in [5.41, 5.74) is 5.22. The maximum atomic E-state index is 12.5. The molecule has 0 fully saturated rings. The molecule has 3 atom stereocenters. The van der Waals surface area contributed by atoms with E-state index in [0.717, 1.165) is 0 Å². The van der Waals surface area contributed by atoms with E-state index >= 15 is 0 Å². The number of carbonyl (C=O) groups is 5. The smallest absolute Gasteiger partial charge is 0.328 e. The zero-order valence-electron chi connectivity index (χ0n) is 15.3. The molecule has 0 radical (unpaired) electrons. The lowest BCUT2D eigenvalue weighted by atomic mass is 10.1. The van der Waals surface area contributed by atoms with Crippen molar-refractivity contribution in [1.82, 2.24) is 16.0 Å². The fourth-order valence-corrected chi connectivity index (χ4v) is 2.50. The maximum absolute atomic E-state index is 12.5. The highest BCUT2D eigenvalue weighted by Crippen LogP contribution is 2.04. The van der Waals surface area contributed by atoms with Gasteiger partial charge >= 0.3 is 11.9 Å². The summed E-state index contributed by atoms with van der Waals surface area (Å²) in [6.45, 7) is -1.23. The van der Waals surface area contributed by atoms with Crippen LogP contribution < -0.4 is 21.7 Å². The Balaban J connectivity index is 5.26. The van der Waals surface area contributed by atoms with Gasteiger partial charge < -0.3 is 37.0 Å². The first-order valence-corrected chi connectivity index (χ1v) is 9.70. The first-order valence-electron chi connectivity index (χ1n) is 8.30. The van der Waals surface area contributed by atoms with Crippen molar-refractivity contribution in [3.63, 3.8) is 0 Å². The van der Waals surface area contributed by atoms with Gasteiger partial charge in [0.05, 0.1) is 13.2 Å². The molecule has 0 saturated heterocycles. The standard InChI is InChI=1S/C15H26N4O8S/c1-28-5-4-9(17-11(21)6-16)14(25)18-8(2-3-12(22)23)13(24)19-10(7-20)15(26)27/h8-10,20H,2-7,16H2,1H3,(H,17,21)(H,18,25)(H,19,24)(H,22,23)(H,26,27). The molecular formula is C15H26N4O8S. The summed E-state index contributed by atoms with van der Waals surface area (Å²) in [6, 6.07) is -3.98. The summed E-state index contributed by atoms with van der Waals surface area (Å²) in [6.07, 6.45) is 1.24. The lowest BCUT2D eigenvalue weighted by Crippen LogP contribution is -2.56. The van der Waals surface area contributed by atoms with Crippen LogP contribution >= 0.6 is 11.8 Å². The van der Waals surface area contributed by atoms with Gasteiger partial charge in [-0.25, -0.2) is 4.79 Å². The third kappa shape index (κ3) is 10.1. The number of rotatable bonds is 14. The van der Waals surface area contributed by atoms with E-state index < -0.39 is 60.8 Å². The predicted molar refractivity (Wildman–Crippen MR) is 99.4 cm³/mol. The van der Waals surface area contributed by atoms with Crippen molar-refractivity contribution in [2.45, 2.75) is 37.4 Å². The molecule has 8 N–H and O–H groups in total. The first-order chi connectivity index (χ1) is 13.2. The number of carboxylic acid groups (broad SMARTS) is 2. The Morgan fingerprint density at radius 1 is 0.929 bits per heavy atom. The molecule has 0 heterocycles. The van der Waals surface area contributed by atoms with E-state index in [1.807, 2.05) is 5.32 Å². The first kappa shape index (κ1) is 25.6. The Bertz CT molecular complexity index is 574. The van der Waals surface area contributed by atoms with E-state index in [-0.39, 0.29) is 19.4 Å². The van der Waals surface area contributed by atoms with Crippen LogP contribution in [-0.4, -0.2) is 88.3 Å². The van der Waals surface area contributed by atoms with Crippen LogP contribution in [0.2, 0.25) is 0 Å². The Kier molecular flexibility index (Phi) is 12.6. The van der Waals surface area contributed by atoms with E-state index in [1.54, 1.807) is 6.26 Å². The molecule has 0 bridgehead atoms. The van der Waals surface area contributed by atoms with E-state index in [0.29, 0.717) is 5.75 Å². The normalized spacial score (nSPS) is 13.7. The van der Waals surface area contributed by atoms with Crippen molar-refractivity contribution in [2.24, 2.45) is 5.73 Å². The lowest BCUT2D eigenvalue weighted by Gasteiger charge is -2.23. The summed E-state index contributed by atoms with van der Waals surface area (Å²) in [7, 11) is 0. The number of aliphatic carboxylic acids is 2. The second-order valence-electron chi connectivity index (χ2n) is 5.68. The lowest BCUT2D eigenvalue weighted by molar-refractivity contribution is -0.144. The molecule has 0 aliphatic heterocycles. The number of amides is 3.